The summed E-state index contributed by atoms with van der Waals surface area (Å²) >= 11 is 0. The third-order valence-electron chi connectivity index (χ3n) is 3.11. The maximum Gasteiger partial charge on any atom is 0.310 e. The quantitative estimate of drug-likeness (QED) is 0.335. The third kappa shape index (κ3) is 4.15. The zero-order chi connectivity index (χ0) is 15.9. The van der Waals surface area contributed by atoms with Crippen LogP contribution in [0, 0.1) is 10.1 Å². The highest BCUT2D eigenvalue weighted by atomic mass is 16.6. The Morgan fingerprint density at radius 2 is 1.95 bits per heavy atom. The second-order valence-electron chi connectivity index (χ2n) is 4.83. The number of benzene rings is 1. The van der Waals surface area contributed by atoms with Crippen molar-refractivity contribution >= 4 is 17.1 Å². The lowest BCUT2D eigenvalue weighted by Gasteiger charge is -1.93. The number of furan rings is 1. The van der Waals surface area contributed by atoms with Crippen molar-refractivity contribution in [3.05, 3.63) is 46.2 Å². The second-order valence-corrected chi connectivity index (χ2v) is 4.83. The Morgan fingerprint density at radius 1 is 1.23 bits per heavy atom. The molecule has 2 aromatic rings. The van der Waals surface area contributed by atoms with E-state index in [9.17, 15) is 15.2 Å². The standard InChI is InChI=1S/C15H17N3O4/c1-2-3-4-5-13-10-14(15(19)22-13)17-16-11-6-8-12(9-7-11)18(20)21/h6-10,19H,2-5H2,1H3. The molecule has 0 fully saturated rings. The van der Waals surface area contributed by atoms with Crippen LogP contribution in [0.2, 0.25) is 0 Å². The number of azo groups is 1. The van der Waals surface area contributed by atoms with Gasteiger partial charge < -0.3 is 9.52 Å². The van der Waals surface area contributed by atoms with Crippen molar-refractivity contribution in [2.24, 2.45) is 10.2 Å². The highest BCUT2D eigenvalue weighted by Crippen LogP contribution is 2.32. The first-order valence-electron chi connectivity index (χ1n) is 7.08. The lowest BCUT2D eigenvalue weighted by atomic mass is 10.2. The highest BCUT2D eigenvalue weighted by molar-refractivity contribution is 5.48. The predicted octanol–water partition coefficient (Wildman–Crippen LogP) is 5.04. The number of rotatable bonds is 7. The number of non-ortho nitro benzene ring substituents is 1. The summed E-state index contributed by atoms with van der Waals surface area (Å²) in [6, 6.07) is 7.32. The van der Waals surface area contributed by atoms with Crippen molar-refractivity contribution in [1.29, 1.82) is 0 Å². The Balaban J connectivity index is 2.04. The molecule has 0 bridgehead atoms. The Kier molecular flexibility index (Phi) is 5.24. The van der Waals surface area contributed by atoms with E-state index >= 15 is 0 Å². The smallest absolute Gasteiger partial charge is 0.310 e. The first-order valence-corrected chi connectivity index (χ1v) is 7.08. The highest BCUT2D eigenvalue weighted by Gasteiger charge is 2.09. The Labute approximate surface area is 127 Å². The maximum absolute atomic E-state index is 10.6. The summed E-state index contributed by atoms with van der Waals surface area (Å²) in [6.07, 6.45) is 3.94. The monoisotopic (exact) mass is 303 g/mol. The molecule has 2 rings (SSSR count). The molecule has 22 heavy (non-hydrogen) atoms. The van der Waals surface area contributed by atoms with Crippen molar-refractivity contribution in [2.75, 3.05) is 0 Å². The van der Waals surface area contributed by atoms with Crippen molar-refractivity contribution in [2.45, 2.75) is 32.6 Å². The topological polar surface area (TPSA) is 101 Å². The van der Waals surface area contributed by atoms with Crippen LogP contribution in [0.25, 0.3) is 0 Å². The number of aryl methyl sites for hydroxylation is 1. The molecule has 0 radical (unpaired) electrons. The number of hydrogen-bond donors (Lipinski definition) is 1. The molecule has 0 saturated carbocycles. The normalized spacial score (nSPS) is 11.1. The fraction of sp³-hybridized carbons (Fsp3) is 0.333. The molecule has 1 aromatic carbocycles. The molecule has 0 atom stereocenters. The van der Waals surface area contributed by atoms with E-state index in [0.29, 0.717) is 11.4 Å². The minimum Gasteiger partial charge on any atom is -0.479 e. The van der Waals surface area contributed by atoms with E-state index in [2.05, 4.69) is 17.2 Å². The van der Waals surface area contributed by atoms with Crippen LogP contribution in [0.15, 0.2) is 45.0 Å². The molecule has 0 spiro atoms. The molecule has 1 N–H and O–H groups in total. The fourth-order valence-corrected chi connectivity index (χ4v) is 1.92. The SMILES string of the molecule is CCCCCc1cc(N=Nc2ccc([N+](=O)[O-])cc2)c(O)o1. The lowest BCUT2D eigenvalue weighted by molar-refractivity contribution is -0.384. The van der Waals surface area contributed by atoms with Crippen LogP contribution in [0.1, 0.15) is 31.9 Å². The largest absolute Gasteiger partial charge is 0.479 e. The van der Waals surface area contributed by atoms with Gasteiger partial charge in [-0.2, -0.15) is 5.11 Å². The summed E-state index contributed by atoms with van der Waals surface area (Å²) in [6.45, 7) is 2.11. The molecule has 0 unspecified atom stereocenters. The van der Waals surface area contributed by atoms with Gasteiger partial charge in [0, 0.05) is 24.6 Å². The molecular weight excluding hydrogens is 286 g/mol. The first-order chi connectivity index (χ1) is 10.6. The number of nitro groups is 1. The lowest BCUT2D eigenvalue weighted by Crippen LogP contribution is -1.85. The zero-order valence-corrected chi connectivity index (χ0v) is 12.2. The van der Waals surface area contributed by atoms with Crippen molar-refractivity contribution in [3.63, 3.8) is 0 Å². The number of hydrogen-bond acceptors (Lipinski definition) is 6. The molecule has 0 aliphatic rings. The van der Waals surface area contributed by atoms with Crippen molar-refractivity contribution in [1.82, 2.24) is 0 Å². The van der Waals surface area contributed by atoms with Gasteiger partial charge in [0.1, 0.15) is 5.76 Å². The minimum absolute atomic E-state index is 0.0108. The number of nitrogens with zero attached hydrogens (tertiary/aromatic N) is 3. The molecule has 7 heteroatoms. The molecule has 0 saturated heterocycles. The summed E-state index contributed by atoms with van der Waals surface area (Å²) in [4.78, 5) is 10.1. The molecule has 1 aromatic heterocycles. The van der Waals surface area contributed by atoms with Gasteiger partial charge in [0.2, 0.25) is 0 Å². The molecule has 0 aliphatic carbocycles. The van der Waals surface area contributed by atoms with E-state index in [-0.39, 0.29) is 17.3 Å². The number of unbranched alkanes of at least 4 members (excludes halogenated alkanes) is 2. The Morgan fingerprint density at radius 3 is 2.59 bits per heavy atom. The van der Waals surface area contributed by atoms with Gasteiger partial charge in [-0.1, -0.05) is 19.8 Å². The number of aromatic hydroxyl groups is 1. The summed E-state index contributed by atoms with van der Waals surface area (Å²) in [5, 5.41) is 28.1. The van der Waals surface area contributed by atoms with E-state index in [1.807, 2.05) is 0 Å². The number of nitro benzene ring substituents is 1. The van der Waals surface area contributed by atoms with Gasteiger partial charge in [-0.15, -0.1) is 5.11 Å². The summed E-state index contributed by atoms with van der Waals surface area (Å²) in [5.41, 5.74) is 0.701. The first kappa shape index (κ1) is 15.7. The Hall–Kier alpha value is -2.70. The average Bonchev–Trinajstić information content (AvgIpc) is 2.86. The van der Waals surface area contributed by atoms with Crippen LogP contribution in [-0.2, 0) is 6.42 Å². The molecular formula is C15H17N3O4. The van der Waals surface area contributed by atoms with Gasteiger partial charge in [-0.05, 0) is 18.6 Å². The predicted molar refractivity (Wildman–Crippen MR) is 80.9 cm³/mol. The van der Waals surface area contributed by atoms with Gasteiger partial charge in [0.15, 0.2) is 5.69 Å². The zero-order valence-electron chi connectivity index (χ0n) is 12.2. The third-order valence-corrected chi connectivity index (χ3v) is 3.11. The fourth-order valence-electron chi connectivity index (χ4n) is 1.92. The average molecular weight is 303 g/mol. The van der Waals surface area contributed by atoms with Crippen LogP contribution in [-0.4, -0.2) is 10.0 Å². The van der Waals surface area contributed by atoms with Crippen LogP contribution in [0.3, 0.4) is 0 Å². The van der Waals surface area contributed by atoms with Crippen LogP contribution >= 0.6 is 0 Å². The second kappa shape index (κ2) is 7.35. The molecule has 7 nitrogen and oxygen atoms in total. The van der Waals surface area contributed by atoms with Gasteiger partial charge >= 0.3 is 5.95 Å². The van der Waals surface area contributed by atoms with E-state index < -0.39 is 4.92 Å². The van der Waals surface area contributed by atoms with Gasteiger partial charge in [0.25, 0.3) is 5.69 Å². The van der Waals surface area contributed by atoms with Crippen LogP contribution in [0.5, 0.6) is 5.95 Å². The summed E-state index contributed by atoms with van der Waals surface area (Å²) < 4.78 is 5.21. The van der Waals surface area contributed by atoms with Gasteiger partial charge in [0.05, 0.1) is 10.6 Å². The van der Waals surface area contributed by atoms with E-state index in [1.165, 1.54) is 24.3 Å². The van der Waals surface area contributed by atoms with Gasteiger partial charge in [-0.25, -0.2) is 0 Å². The van der Waals surface area contributed by atoms with Crippen molar-refractivity contribution < 1.29 is 14.4 Å². The maximum atomic E-state index is 10.6. The molecule has 0 amide bonds. The molecule has 116 valence electrons. The summed E-state index contributed by atoms with van der Waals surface area (Å²) in [5.74, 6) is 0.403. The van der Waals surface area contributed by atoms with E-state index in [1.54, 1.807) is 6.07 Å². The Bertz CT molecular complexity index is 662. The van der Waals surface area contributed by atoms with Crippen LogP contribution < -0.4 is 0 Å². The van der Waals surface area contributed by atoms with E-state index in [4.69, 9.17) is 4.42 Å². The van der Waals surface area contributed by atoms with E-state index in [0.717, 1.165) is 25.7 Å². The molecule has 1 heterocycles. The van der Waals surface area contributed by atoms with Crippen molar-refractivity contribution in [3.8, 4) is 5.95 Å². The van der Waals surface area contributed by atoms with Gasteiger partial charge in [-0.3, -0.25) is 10.1 Å². The van der Waals surface area contributed by atoms with Crippen LogP contribution in [0.4, 0.5) is 17.1 Å². The minimum atomic E-state index is -0.481. The summed E-state index contributed by atoms with van der Waals surface area (Å²) in [7, 11) is 0. The molecule has 0 aliphatic heterocycles.